The summed E-state index contributed by atoms with van der Waals surface area (Å²) in [6.45, 7) is 7.01. The largest absolute Gasteiger partial charge is 0.0616 e. The summed E-state index contributed by atoms with van der Waals surface area (Å²) < 4.78 is 0. The SMILES string of the molecule is Cc1cc2ccccc2c2c1CC(C)(C)C2. The fourth-order valence-electron chi connectivity index (χ4n) is 3.09. The number of aryl methyl sites for hydroxylation is 1. The molecule has 0 fully saturated rings. The van der Waals surface area contributed by atoms with Gasteiger partial charge in [-0.1, -0.05) is 44.2 Å². The lowest BCUT2D eigenvalue weighted by molar-refractivity contribution is 0.393. The molecule has 0 amide bonds. The molecule has 0 atom stereocenters. The average Bonchev–Trinajstić information content (AvgIpc) is 2.55. The van der Waals surface area contributed by atoms with E-state index in [1.165, 1.54) is 29.2 Å². The van der Waals surface area contributed by atoms with E-state index in [0.717, 1.165) is 0 Å². The molecule has 0 bridgehead atoms. The maximum atomic E-state index is 2.38. The van der Waals surface area contributed by atoms with Gasteiger partial charge in [-0.2, -0.15) is 0 Å². The Kier molecular flexibility index (Phi) is 1.92. The normalized spacial score (nSPS) is 17.7. The Morgan fingerprint density at radius 3 is 2.50 bits per heavy atom. The van der Waals surface area contributed by atoms with Crippen LogP contribution in [0, 0.1) is 12.3 Å². The number of fused-ring (bicyclic) bond motifs is 3. The summed E-state index contributed by atoms with van der Waals surface area (Å²) in [4.78, 5) is 0. The predicted octanol–water partition coefficient (Wildman–Crippen LogP) is 4.27. The summed E-state index contributed by atoms with van der Waals surface area (Å²) in [6.07, 6.45) is 2.46. The molecule has 0 nitrogen and oxygen atoms in total. The minimum atomic E-state index is 0.442. The van der Waals surface area contributed by atoms with Gasteiger partial charge in [0.25, 0.3) is 0 Å². The zero-order valence-electron chi connectivity index (χ0n) is 10.3. The van der Waals surface area contributed by atoms with E-state index >= 15 is 0 Å². The number of rotatable bonds is 0. The fourth-order valence-corrected chi connectivity index (χ4v) is 3.09. The van der Waals surface area contributed by atoms with E-state index in [1.807, 2.05) is 0 Å². The van der Waals surface area contributed by atoms with Gasteiger partial charge >= 0.3 is 0 Å². The maximum Gasteiger partial charge on any atom is -0.0149 e. The third-order valence-corrected chi connectivity index (χ3v) is 3.81. The molecule has 3 rings (SSSR count). The fraction of sp³-hybridized carbons (Fsp3) is 0.375. The van der Waals surface area contributed by atoms with Gasteiger partial charge in [-0.15, -0.1) is 0 Å². The molecule has 0 heteroatoms. The monoisotopic (exact) mass is 210 g/mol. The zero-order chi connectivity index (χ0) is 11.3. The van der Waals surface area contributed by atoms with Gasteiger partial charge in [0.15, 0.2) is 0 Å². The van der Waals surface area contributed by atoms with Crippen LogP contribution in [0.3, 0.4) is 0 Å². The minimum Gasteiger partial charge on any atom is -0.0616 e. The highest BCUT2D eigenvalue weighted by atomic mass is 14.3. The van der Waals surface area contributed by atoms with Crippen molar-refractivity contribution in [1.82, 2.24) is 0 Å². The Morgan fingerprint density at radius 1 is 1.00 bits per heavy atom. The van der Waals surface area contributed by atoms with Gasteiger partial charge in [-0.05, 0) is 52.6 Å². The second-order valence-corrected chi connectivity index (χ2v) is 5.89. The maximum absolute atomic E-state index is 2.38. The van der Waals surface area contributed by atoms with Gasteiger partial charge in [0.2, 0.25) is 0 Å². The van der Waals surface area contributed by atoms with E-state index in [2.05, 4.69) is 51.1 Å². The van der Waals surface area contributed by atoms with Crippen molar-refractivity contribution in [1.29, 1.82) is 0 Å². The van der Waals surface area contributed by atoms with Gasteiger partial charge < -0.3 is 0 Å². The molecule has 0 unspecified atom stereocenters. The molecule has 16 heavy (non-hydrogen) atoms. The third kappa shape index (κ3) is 1.36. The lowest BCUT2D eigenvalue weighted by atomic mass is 9.90. The van der Waals surface area contributed by atoms with Crippen molar-refractivity contribution in [3.05, 3.63) is 47.0 Å². The van der Waals surface area contributed by atoms with Crippen LogP contribution in [0.4, 0.5) is 0 Å². The Balaban J connectivity index is 2.35. The summed E-state index contributed by atoms with van der Waals surface area (Å²) in [5.74, 6) is 0. The molecule has 82 valence electrons. The van der Waals surface area contributed by atoms with E-state index in [-0.39, 0.29) is 0 Å². The molecule has 2 aromatic rings. The second kappa shape index (κ2) is 3.10. The van der Waals surface area contributed by atoms with Crippen LogP contribution >= 0.6 is 0 Å². The van der Waals surface area contributed by atoms with E-state index in [0.29, 0.717) is 5.41 Å². The van der Waals surface area contributed by atoms with Gasteiger partial charge in [0.1, 0.15) is 0 Å². The molecular formula is C16H18. The first-order valence-corrected chi connectivity index (χ1v) is 6.07. The van der Waals surface area contributed by atoms with E-state index in [9.17, 15) is 0 Å². The van der Waals surface area contributed by atoms with Crippen molar-refractivity contribution in [2.24, 2.45) is 5.41 Å². The quantitative estimate of drug-likeness (QED) is 0.609. The first-order chi connectivity index (χ1) is 7.57. The number of benzene rings is 2. The lowest BCUT2D eigenvalue weighted by Gasteiger charge is -2.15. The summed E-state index contributed by atoms with van der Waals surface area (Å²) in [6, 6.07) is 11.1. The van der Waals surface area contributed by atoms with Gasteiger partial charge in [-0.3, -0.25) is 0 Å². The molecular weight excluding hydrogens is 192 g/mol. The van der Waals surface area contributed by atoms with Crippen molar-refractivity contribution in [2.45, 2.75) is 33.6 Å². The molecule has 0 spiro atoms. The van der Waals surface area contributed by atoms with Gasteiger partial charge in [0.05, 0.1) is 0 Å². The molecule has 1 aliphatic rings. The summed E-state index contributed by atoms with van der Waals surface area (Å²) >= 11 is 0. The van der Waals surface area contributed by atoms with Crippen molar-refractivity contribution in [2.75, 3.05) is 0 Å². The molecule has 0 radical (unpaired) electrons. The topological polar surface area (TPSA) is 0 Å². The van der Waals surface area contributed by atoms with Gasteiger partial charge in [0, 0.05) is 0 Å². The van der Waals surface area contributed by atoms with Crippen molar-refractivity contribution in [3.63, 3.8) is 0 Å². The van der Waals surface area contributed by atoms with Crippen molar-refractivity contribution < 1.29 is 0 Å². The molecule has 0 N–H and O–H groups in total. The second-order valence-electron chi connectivity index (χ2n) is 5.89. The highest BCUT2D eigenvalue weighted by Crippen LogP contribution is 2.41. The molecule has 2 aromatic carbocycles. The Labute approximate surface area is 97.3 Å². The van der Waals surface area contributed by atoms with Crippen molar-refractivity contribution in [3.8, 4) is 0 Å². The lowest BCUT2D eigenvalue weighted by Crippen LogP contribution is -2.09. The van der Waals surface area contributed by atoms with Crippen LogP contribution in [-0.4, -0.2) is 0 Å². The molecule has 0 heterocycles. The van der Waals surface area contributed by atoms with Crippen LogP contribution < -0.4 is 0 Å². The summed E-state index contributed by atoms with van der Waals surface area (Å²) in [7, 11) is 0. The Hall–Kier alpha value is -1.30. The van der Waals surface area contributed by atoms with Crippen molar-refractivity contribution >= 4 is 10.8 Å². The molecule has 0 saturated heterocycles. The molecule has 0 aliphatic heterocycles. The van der Waals surface area contributed by atoms with Crippen LogP contribution in [0.25, 0.3) is 10.8 Å². The van der Waals surface area contributed by atoms with Crippen LogP contribution in [-0.2, 0) is 12.8 Å². The van der Waals surface area contributed by atoms with E-state index in [1.54, 1.807) is 11.1 Å². The molecule has 1 aliphatic carbocycles. The van der Waals surface area contributed by atoms with Gasteiger partial charge in [-0.25, -0.2) is 0 Å². The summed E-state index contributed by atoms with van der Waals surface area (Å²) in [5.41, 5.74) is 5.11. The Morgan fingerprint density at radius 2 is 1.69 bits per heavy atom. The predicted molar refractivity (Wildman–Crippen MR) is 69.9 cm³/mol. The van der Waals surface area contributed by atoms with Crippen LogP contribution in [0.2, 0.25) is 0 Å². The zero-order valence-corrected chi connectivity index (χ0v) is 10.3. The smallest absolute Gasteiger partial charge is 0.0149 e. The number of hydrogen-bond donors (Lipinski definition) is 0. The average molecular weight is 210 g/mol. The molecule has 0 saturated carbocycles. The highest BCUT2D eigenvalue weighted by Gasteiger charge is 2.30. The first-order valence-electron chi connectivity index (χ1n) is 6.07. The van der Waals surface area contributed by atoms with E-state index < -0.39 is 0 Å². The first kappa shape index (κ1) is 9.89. The third-order valence-electron chi connectivity index (χ3n) is 3.81. The standard InChI is InChI=1S/C16H18/c1-11-8-12-6-4-5-7-13(12)15-10-16(2,3)9-14(11)15/h4-8H,9-10H2,1-3H3. The van der Waals surface area contributed by atoms with E-state index in [4.69, 9.17) is 0 Å². The highest BCUT2D eigenvalue weighted by molar-refractivity contribution is 5.88. The minimum absolute atomic E-state index is 0.442. The molecule has 0 aromatic heterocycles. The summed E-state index contributed by atoms with van der Waals surface area (Å²) in [5, 5.41) is 2.87. The van der Waals surface area contributed by atoms with Crippen LogP contribution in [0.15, 0.2) is 30.3 Å². The van der Waals surface area contributed by atoms with Crippen LogP contribution in [0.5, 0.6) is 0 Å². The Bertz CT molecular complexity index is 562. The van der Waals surface area contributed by atoms with Crippen LogP contribution in [0.1, 0.15) is 30.5 Å². The number of hydrogen-bond acceptors (Lipinski definition) is 0.